The van der Waals surface area contributed by atoms with Crippen molar-refractivity contribution in [1.29, 1.82) is 0 Å². The highest BCUT2D eigenvalue weighted by molar-refractivity contribution is 6.30. The van der Waals surface area contributed by atoms with Crippen molar-refractivity contribution in [3.63, 3.8) is 0 Å². The van der Waals surface area contributed by atoms with Crippen LogP contribution >= 0.6 is 11.6 Å². The molecule has 0 saturated carbocycles. The molecule has 3 aromatic rings. The van der Waals surface area contributed by atoms with Gasteiger partial charge in [-0.3, -0.25) is 4.79 Å². The first-order valence-electron chi connectivity index (χ1n) is 6.19. The summed E-state index contributed by atoms with van der Waals surface area (Å²) in [4.78, 5) is 30.2. The molecule has 0 fully saturated rings. The van der Waals surface area contributed by atoms with Gasteiger partial charge in [0.15, 0.2) is 5.65 Å². The van der Waals surface area contributed by atoms with E-state index in [0.29, 0.717) is 5.02 Å². The van der Waals surface area contributed by atoms with Gasteiger partial charge in [0, 0.05) is 12.3 Å². The third-order valence-electron chi connectivity index (χ3n) is 2.95. The van der Waals surface area contributed by atoms with E-state index in [9.17, 15) is 9.70 Å². The number of nitrogen functional groups attached to an aromatic ring is 1. The molecule has 10 nitrogen and oxygen atoms in total. The molecule has 0 bridgehead atoms. The third-order valence-corrected chi connectivity index (χ3v) is 3.15. The number of carbonyl (C=O) groups excluding carboxylic acids is 1. The molecule has 11 heteroatoms. The zero-order valence-corrected chi connectivity index (χ0v) is 12.2. The smallest absolute Gasteiger partial charge is 0.254 e. The third kappa shape index (κ3) is 2.62. The van der Waals surface area contributed by atoms with Gasteiger partial charge in [-0.05, 0) is 11.2 Å². The number of primary amides is 1. The number of amides is 1. The minimum Gasteiger partial charge on any atom is -0.383 e. The molecule has 0 aliphatic rings. The number of carbonyl (C=O) groups is 1. The van der Waals surface area contributed by atoms with Crippen molar-refractivity contribution in [3.8, 4) is 0 Å². The van der Waals surface area contributed by atoms with E-state index in [-0.39, 0.29) is 34.4 Å². The van der Waals surface area contributed by atoms with Crippen LogP contribution in [-0.2, 0) is 0 Å². The fraction of sp³-hybridized carbons (Fsp3) is 0. The summed E-state index contributed by atoms with van der Waals surface area (Å²) < 4.78 is 1.26. The predicted octanol–water partition coefficient (Wildman–Crippen LogP) is 1.60. The number of halogens is 1. The number of nitrogens with one attached hydrogen (secondary N) is 1. The molecule has 1 amide bonds. The maximum absolute atomic E-state index is 11.4. The van der Waals surface area contributed by atoms with Crippen LogP contribution in [-0.4, -0.2) is 25.5 Å². The molecular weight excluding hydrogens is 324 g/mol. The van der Waals surface area contributed by atoms with Crippen molar-refractivity contribution in [2.75, 3.05) is 11.1 Å². The predicted molar refractivity (Wildman–Crippen MR) is 83.9 cm³/mol. The van der Waals surface area contributed by atoms with Gasteiger partial charge in [-0.1, -0.05) is 11.6 Å². The van der Waals surface area contributed by atoms with Crippen LogP contribution in [0.5, 0.6) is 0 Å². The Morgan fingerprint density at radius 1 is 1.35 bits per heavy atom. The first kappa shape index (κ1) is 14.7. The number of rotatable bonds is 4. The molecule has 116 valence electrons. The second-order valence-corrected chi connectivity index (χ2v) is 4.90. The van der Waals surface area contributed by atoms with Gasteiger partial charge in [0.05, 0.1) is 16.9 Å². The van der Waals surface area contributed by atoms with E-state index in [1.807, 2.05) is 0 Å². The summed E-state index contributed by atoms with van der Waals surface area (Å²) in [5.41, 5.74) is 11.7. The second-order valence-electron chi connectivity index (χ2n) is 4.47. The quantitative estimate of drug-likeness (QED) is 0.613. The summed E-state index contributed by atoms with van der Waals surface area (Å²) in [7, 11) is 0. The number of nitroso groups, excluding NO2 is 1. The van der Waals surface area contributed by atoms with Crippen LogP contribution in [0, 0.1) is 4.91 Å². The van der Waals surface area contributed by atoms with Gasteiger partial charge < -0.3 is 16.8 Å². The lowest BCUT2D eigenvalue weighted by Gasteiger charge is -2.09. The van der Waals surface area contributed by atoms with Gasteiger partial charge >= 0.3 is 0 Å². The van der Waals surface area contributed by atoms with Gasteiger partial charge in [0.25, 0.3) is 5.91 Å². The summed E-state index contributed by atoms with van der Waals surface area (Å²) >= 11 is 5.85. The highest BCUT2D eigenvalue weighted by Gasteiger charge is 2.15. The lowest BCUT2D eigenvalue weighted by atomic mass is 10.3. The van der Waals surface area contributed by atoms with Crippen molar-refractivity contribution >= 4 is 46.3 Å². The van der Waals surface area contributed by atoms with E-state index in [4.69, 9.17) is 23.1 Å². The first-order valence-corrected chi connectivity index (χ1v) is 6.57. The van der Waals surface area contributed by atoms with E-state index in [1.165, 1.54) is 29.0 Å². The van der Waals surface area contributed by atoms with E-state index >= 15 is 0 Å². The average molecular weight is 333 g/mol. The summed E-state index contributed by atoms with van der Waals surface area (Å²) in [6.45, 7) is 0. The molecular formula is C12H9ClN8O2. The zero-order chi connectivity index (χ0) is 16.6. The minimum absolute atomic E-state index is 0.0988. The Morgan fingerprint density at radius 3 is 2.83 bits per heavy atom. The highest BCUT2D eigenvalue weighted by atomic mass is 35.5. The van der Waals surface area contributed by atoms with Gasteiger partial charge in [-0.15, -0.1) is 4.91 Å². The lowest BCUT2D eigenvalue weighted by Crippen LogP contribution is -2.12. The first-order chi connectivity index (χ1) is 11.0. The lowest BCUT2D eigenvalue weighted by molar-refractivity contribution is 0.100. The van der Waals surface area contributed by atoms with Gasteiger partial charge in [-0.2, -0.15) is 9.61 Å². The van der Waals surface area contributed by atoms with E-state index in [1.54, 1.807) is 0 Å². The normalized spacial score (nSPS) is 10.7. The Morgan fingerprint density at radius 2 is 2.13 bits per heavy atom. The summed E-state index contributed by atoms with van der Waals surface area (Å²) in [6, 6.07) is 2.92. The molecule has 0 aromatic carbocycles. The largest absolute Gasteiger partial charge is 0.383 e. The maximum atomic E-state index is 11.4. The molecule has 0 spiro atoms. The van der Waals surface area contributed by atoms with Crippen LogP contribution in [0.3, 0.4) is 0 Å². The SMILES string of the molecule is NC(=O)c1cnn2c(N)cc(Nc3cc(Cl)cnc3N=O)nc12. The van der Waals surface area contributed by atoms with Crippen molar-refractivity contribution < 1.29 is 4.79 Å². The number of pyridine rings is 1. The fourth-order valence-electron chi connectivity index (χ4n) is 1.96. The van der Waals surface area contributed by atoms with Crippen molar-refractivity contribution in [3.05, 3.63) is 40.0 Å². The number of fused-ring (bicyclic) bond motifs is 1. The van der Waals surface area contributed by atoms with Crippen LogP contribution in [0.4, 0.5) is 23.1 Å². The Kier molecular flexibility index (Phi) is 3.50. The molecule has 3 rings (SSSR count). The highest BCUT2D eigenvalue weighted by Crippen LogP contribution is 2.28. The van der Waals surface area contributed by atoms with Gasteiger partial charge in [0.1, 0.15) is 17.2 Å². The van der Waals surface area contributed by atoms with E-state index < -0.39 is 5.91 Å². The Balaban J connectivity index is 2.10. The Labute approximate surface area is 133 Å². The monoisotopic (exact) mass is 332 g/mol. The standard InChI is InChI=1S/C12H9ClN8O2/c13-5-1-7(11(20-23)16-3-5)18-9-2-8(14)21-12(19-9)6(4-17-21)10(15)22/h1-4H,14H2,(H2,15,22)(H,18,19). The molecule has 0 aliphatic carbocycles. The molecule has 5 N–H and O–H groups in total. The van der Waals surface area contributed by atoms with Crippen molar-refractivity contribution in [1.82, 2.24) is 19.6 Å². The number of nitrogens with two attached hydrogens (primary N) is 2. The summed E-state index contributed by atoms with van der Waals surface area (Å²) in [5, 5.41) is 9.86. The topological polar surface area (TPSA) is 154 Å². The Hall–Kier alpha value is -3.27. The van der Waals surface area contributed by atoms with Crippen LogP contribution < -0.4 is 16.8 Å². The second kappa shape index (κ2) is 5.50. The molecule has 0 atom stereocenters. The fourth-order valence-corrected chi connectivity index (χ4v) is 2.12. The molecule has 0 saturated heterocycles. The average Bonchev–Trinajstić information content (AvgIpc) is 2.92. The molecule has 3 aromatic heterocycles. The number of aromatic nitrogens is 4. The maximum Gasteiger partial charge on any atom is 0.254 e. The van der Waals surface area contributed by atoms with Gasteiger partial charge in [-0.25, -0.2) is 9.97 Å². The van der Waals surface area contributed by atoms with E-state index in [0.717, 1.165) is 0 Å². The minimum atomic E-state index is -0.691. The van der Waals surface area contributed by atoms with E-state index in [2.05, 4.69) is 25.6 Å². The van der Waals surface area contributed by atoms with Crippen LogP contribution in [0.2, 0.25) is 5.02 Å². The van der Waals surface area contributed by atoms with Crippen LogP contribution in [0.15, 0.2) is 29.7 Å². The molecule has 3 heterocycles. The number of nitrogens with zero attached hydrogens (tertiary/aromatic N) is 5. The van der Waals surface area contributed by atoms with Crippen molar-refractivity contribution in [2.45, 2.75) is 0 Å². The zero-order valence-electron chi connectivity index (χ0n) is 11.4. The van der Waals surface area contributed by atoms with Crippen LogP contribution in [0.25, 0.3) is 5.65 Å². The number of anilines is 3. The molecule has 0 radical (unpaired) electrons. The summed E-state index contributed by atoms with van der Waals surface area (Å²) in [6.07, 6.45) is 2.56. The summed E-state index contributed by atoms with van der Waals surface area (Å²) in [5.74, 6) is -0.338. The Bertz CT molecular complexity index is 938. The molecule has 0 aliphatic heterocycles. The van der Waals surface area contributed by atoms with Crippen LogP contribution in [0.1, 0.15) is 10.4 Å². The molecule has 23 heavy (non-hydrogen) atoms. The number of hydrogen-bond acceptors (Lipinski definition) is 8. The van der Waals surface area contributed by atoms with Crippen molar-refractivity contribution in [2.24, 2.45) is 10.9 Å². The molecule has 0 unspecified atom stereocenters. The number of hydrogen-bond donors (Lipinski definition) is 3. The van der Waals surface area contributed by atoms with Gasteiger partial charge in [0.2, 0.25) is 5.82 Å².